The van der Waals surface area contributed by atoms with Crippen LogP contribution in [0, 0.1) is 6.92 Å². The molecule has 132 valence electrons. The van der Waals surface area contributed by atoms with Gasteiger partial charge in [-0.05, 0) is 43.5 Å². The largest absolute Gasteiger partial charge is 0.420 e. The molecule has 1 fully saturated rings. The molecule has 6 heteroatoms. The van der Waals surface area contributed by atoms with E-state index >= 15 is 0 Å². The molecule has 0 N–H and O–H groups in total. The van der Waals surface area contributed by atoms with Gasteiger partial charge >= 0.3 is 0 Å². The maximum absolute atomic E-state index is 12.7. The molecule has 0 saturated carbocycles. The molecule has 0 bridgehead atoms. The van der Waals surface area contributed by atoms with Crippen LogP contribution < -0.4 is 0 Å². The minimum absolute atomic E-state index is 0.00134. The summed E-state index contributed by atoms with van der Waals surface area (Å²) < 4.78 is 5.95. The first-order chi connectivity index (χ1) is 12.7. The van der Waals surface area contributed by atoms with E-state index in [9.17, 15) is 4.79 Å². The number of amides is 1. The van der Waals surface area contributed by atoms with Crippen LogP contribution in [0.1, 0.15) is 40.6 Å². The van der Waals surface area contributed by atoms with E-state index in [-0.39, 0.29) is 11.8 Å². The Kier molecular flexibility index (Phi) is 4.48. The molecule has 1 amide bonds. The quantitative estimate of drug-likeness (QED) is 0.725. The summed E-state index contributed by atoms with van der Waals surface area (Å²) in [6.45, 7) is 3.35. The standard InChI is InChI=1S/C20H20N4O2/c1-14-6-2-3-9-17(14)19-23-22-18(26-19)16-8-5-11-24(13-16)20(25)15-7-4-10-21-12-15/h2-4,6-7,9-10,12,16H,5,8,11,13H2,1H3/t16-/m0/s1. The van der Waals surface area contributed by atoms with Gasteiger partial charge in [0.2, 0.25) is 11.8 Å². The van der Waals surface area contributed by atoms with Crippen molar-refractivity contribution in [1.29, 1.82) is 0 Å². The van der Waals surface area contributed by atoms with Gasteiger partial charge in [-0.3, -0.25) is 9.78 Å². The molecular formula is C20H20N4O2. The second kappa shape index (κ2) is 7.07. The average Bonchev–Trinajstić information content (AvgIpc) is 3.18. The molecule has 1 aromatic carbocycles. The normalized spacial score (nSPS) is 17.3. The van der Waals surface area contributed by atoms with Crippen LogP contribution in [0.4, 0.5) is 0 Å². The molecule has 26 heavy (non-hydrogen) atoms. The van der Waals surface area contributed by atoms with Gasteiger partial charge in [-0.2, -0.15) is 0 Å². The number of carbonyl (C=O) groups excluding carboxylic acids is 1. The number of pyridine rings is 1. The van der Waals surface area contributed by atoms with Gasteiger partial charge in [-0.15, -0.1) is 10.2 Å². The third-order valence-electron chi connectivity index (χ3n) is 4.78. The monoisotopic (exact) mass is 348 g/mol. The Morgan fingerprint density at radius 1 is 1.19 bits per heavy atom. The summed E-state index contributed by atoms with van der Waals surface area (Å²) in [5, 5.41) is 8.48. The highest BCUT2D eigenvalue weighted by molar-refractivity contribution is 5.93. The Labute approximate surface area is 151 Å². The van der Waals surface area contributed by atoms with Crippen molar-refractivity contribution in [1.82, 2.24) is 20.1 Å². The summed E-state index contributed by atoms with van der Waals surface area (Å²) in [4.78, 5) is 18.6. The zero-order valence-electron chi connectivity index (χ0n) is 14.6. The second-order valence-corrected chi connectivity index (χ2v) is 6.59. The van der Waals surface area contributed by atoms with Crippen LogP contribution in [0.15, 0.2) is 53.2 Å². The van der Waals surface area contributed by atoms with E-state index in [1.165, 1.54) is 0 Å². The van der Waals surface area contributed by atoms with Crippen molar-refractivity contribution in [2.45, 2.75) is 25.7 Å². The van der Waals surface area contributed by atoms with Crippen LogP contribution in [0.5, 0.6) is 0 Å². The van der Waals surface area contributed by atoms with Gasteiger partial charge in [0.1, 0.15) is 0 Å². The average molecular weight is 348 g/mol. The summed E-state index contributed by atoms with van der Waals surface area (Å²) in [6, 6.07) is 11.5. The molecule has 1 atom stereocenters. The molecule has 1 aliphatic rings. The van der Waals surface area contributed by atoms with E-state index in [2.05, 4.69) is 15.2 Å². The zero-order chi connectivity index (χ0) is 17.9. The first kappa shape index (κ1) is 16.4. The van der Waals surface area contributed by atoms with Crippen molar-refractivity contribution in [3.63, 3.8) is 0 Å². The molecule has 3 aromatic rings. The van der Waals surface area contributed by atoms with Crippen molar-refractivity contribution in [3.05, 3.63) is 65.8 Å². The molecule has 0 radical (unpaired) electrons. The smallest absolute Gasteiger partial charge is 0.255 e. The SMILES string of the molecule is Cc1ccccc1-c1nnc([C@H]2CCCN(C(=O)c3cccnc3)C2)o1. The number of hydrogen-bond acceptors (Lipinski definition) is 5. The van der Waals surface area contributed by atoms with E-state index < -0.39 is 0 Å². The number of piperidine rings is 1. The van der Waals surface area contributed by atoms with Gasteiger partial charge in [-0.25, -0.2) is 0 Å². The fourth-order valence-electron chi connectivity index (χ4n) is 3.36. The van der Waals surface area contributed by atoms with Crippen LogP contribution in [0.25, 0.3) is 11.5 Å². The van der Waals surface area contributed by atoms with Crippen molar-refractivity contribution in [3.8, 4) is 11.5 Å². The van der Waals surface area contributed by atoms with Gasteiger partial charge < -0.3 is 9.32 Å². The number of rotatable bonds is 3. The lowest BCUT2D eigenvalue weighted by molar-refractivity contribution is 0.0698. The number of aromatic nitrogens is 3. The van der Waals surface area contributed by atoms with Crippen molar-refractivity contribution < 1.29 is 9.21 Å². The van der Waals surface area contributed by atoms with Crippen molar-refractivity contribution in [2.24, 2.45) is 0 Å². The number of aryl methyl sites for hydroxylation is 1. The minimum Gasteiger partial charge on any atom is -0.420 e. The van der Waals surface area contributed by atoms with Crippen LogP contribution in [0.2, 0.25) is 0 Å². The molecule has 6 nitrogen and oxygen atoms in total. The molecular weight excluding hydrogens is 328 g/mol. The predicted octanol–water partition coefficient (Wildman–Crippen LogP) is 3.46. The Morgan fingerprint density at radius 3 is 2.88 bits per heavy atom. The van der Waals surface area contributed by atoms with E-state index in [1.807, 2.05) is 36.1 Å². The molecule has 0 aliphatic carbocycles. The number of hydrogen-bond donors (Lipinski definition) is 0. The predicted molar refractivity (Wildman–Crippen MR) is 96.6 cm³/mol. The van der Waals surface area contributed by atoms with Gasteiger partial charge in [-0.1, -0.05) is 18.2 Å². The van der Waals surface area contributed by atoms with Gasteiger partial charge in [0, 0.05) is 31.0 Å². The van der Waals surface area contributed by atoms with Crippen LogP contribution in [-0.2, 0) is 0 Å². The Balaban J connectivity index is 1.52. The van der Waals surface area contributed by atoms with E-state index in [1.54, 1.807) is 24.5 Å². The Bertz CT molecular complexity index is 907. The summed E-state index contributed by atoms with van der Waals surface area (Å²) >= 11 is 0. The highest BCUT2D eigenvalue weighted by Crippen LogP contribution is 2.30. The first-order valence-electron chi connectivity index (χ1n) is 8.81. The number of nitrogens with zero attached hydrogens (tertiary/aromatic N) is 4. The maximum Gasteiger partial charge on any atom is 0.255 e. The van der Waals surface area contributed by atoms with Crippen molar-refractivity contribution >= 4 is 5.91 Å². The molecule has 0 spiro atoms. The molecule has 1 aliphatic heterocycles. The number of carbonyl (C=O) groups is 1. The van der Waals surface area contributed by atoms with Crippen LogP contribution in [0.3, 0.4) is 0 Å². The summed E-state index contributed by atoms with van der Waals surface area (Å²) in [6.07, 6.45) is 5.13. The van der Waals surface area contributed by atoms with Gasteiger partial charge in [0.05, 0.1) is 11.5 Å². The first-order valence-corrected chi connectivity index (χ1v) is 8.81. The summed E-state index contributed by atoms with van der Waals surface area (Å²) in [5.74, 6) is 1.21. The molecule has 3 heterocycles. The second-order valence-electron chi connectivity index (χ2n) is 6.59. The lowest BCUT2D eigenvalue weighted by atomic mass is 9.97. The molecule has 1 saturated heterocycles. The molecule has 2 aromatic heterocycles. The fourth-order valence-corrected chi connectivity index (χ4v) is 3.36. The highest BCUT2D eigenvalue weighted by atomic mass is 16.4. The van der Waals surface area contributed by atoms with Crippen LogP contribution in [-0.4, -0.2) is 39.1 Å². The van der Waals surface area contributed by atoms with E-state index in [0.717, 1.165) is 30.5 Å². The highest BCUT2D eigenvalue weighted by Gasteiger charge is 2.29. The maximum atomic E-state index is 12.7. The third kappa shape index (κ3) is 3.22. The lowest BCUT2D eigenvalue weighted by Gasteiger charge is -2.31. The van der Waals surface area contributed by atoms with Gasteiger partial charge in [0.25, 0.3) is 5.91 Å². The lowest BCUT2D eigenvalue weighted by Crippen LogP contribution is -2.39. The minimum atomic E-state index is 0.00134. The number of benzene rings is 1. The Morgan fingerprint density at radius 2 is 2.08 bits per heavy atom. The fraction of sp³-hybridized carbons (Fsp3) is 0.300. The van der Waals surface area contributed by atoms with Gasteiger partial charge in [0.15, 0.2) is 0 Å². The molecule has 0 unspecified atom stereocenters. The zero-order valence-corrected chi connectivity index (χ0v) is 14.6. The van der Waals surface area contributed by atoms with E-state index in [4.69, 9.17) is 4.42 Å². The topological polar surface area (TPSA) is 72.1 Å². The van der Waals surface area contributed by atoms with Crippen LogP contribution >= 0.6 is 0 Å². The third-order valence-corrected chi connectivity index (χ3v) is 4.78. The summed E-state index contributed by atoms with van der Waals surface area (Å²) in [7, 11) is 0. The Hall–Kier alpha value is -3.02. The van der Waals surface area contributed by atoms with Crippen molar-refractivity contribution in [2.75, 3.05) is 13.1 Å². The molecule has 4 rings (SSSR count). The number of likely N-dealkylation sites (tertiary alicyclic amines) is 1. The van der Waals surface area contributed by atoms with E-state index in [0.29, 0.717) is 23.9 Å². The summed E-state index contributed by atoms with van der Waals surface area (Å²) in [5.41, 5.74) is 2.66.